The molecule has 19 heavy (non-hydrogen) atoms. The van der Waals surface area contributed by atoms with Crippen molar-refractivity contribution < 1.29 is 14.5 Å². The fraction of sp³-hybridized carbons (Fsp3) is 0.0833. The Morgan fingerprint density at radius 1 is 1.37 bits per heavy atom. The Bertz CT molecular complexity index is 566. The second-order valence-electron chi connectivity index (χ2n) is 3.73. The molecule has 0 fully saturated rings. The number of nitrogens with two attached hydrogens (primary N) is 1. The number of hydrogen-bond acceptors (Lipinski definition) is 5. The second-order valence-corrected chi connectivity index (χ2v) is 3.73. The molecular weight excluding hydrogens is 248 g/mol. The molecule has 2 rings (SSSR count). The van der Waals surface area contributed by atoms with Gasteiger partial charge in [-0.1, -0.05) is 40.6 Å². The minimum absolute atomic E-state index is 0.117. The van der Waals surface area contributed by atoms with E-state index in [-0.39, 0.29) is 11.5 Å². The van der Waals surface area contributed by atoms with Crippen molar-refractivity contribution in [1.82, 2.24) is 10.5 Å². The van der Waals surface area contributed by atoms with Gasteiger partial charge in [-0.2, -0.15) is 0 Å². The lowest BCUT2D eigenvalue weighted by molar-refractivity contribution is 0.0937. The van der Waals surface area contributed by atoms with Gasteiger partial charge in [-0.15, -0.1) is 0 Å². The van der Waals surface area contributed by atoms with Crippen molar-refractivity contribution in [2.75, 3.05) is 0 Å². The molecule has 7 heteroatoms. The van der Waals surface area contributed by atoms with Crippen LogP contribution in [-0.4, -0.2) is 22.1 Å². The van der Waals surface area contributed by atoms with E-state index in [2.05, 4.69) is 20.2 Å². The number of carbonyl (C=O) groups excluding carboxylic acids is 1. The van der Waals surface area contributed by atoms with E-state index in [1.807, 2.05) is 6.07 Å². The first-order valence-corrected chi connectivity index (χ1v) is 5.46. The van der Waals surface area contributed by atoms with Crippen LogP contribution in [0.15, 0.2) is 52.3 Å². The highest BCUT2D eigenvalue weighted by Crippen LogP contribution is 2.13. The van der Waals surface area contributed by atoms with Crippen molar-refractivity contribution in [3.8, 4) is 0 Å². The van der Waals surface area contributed by atoms with E-state index in [1.54, 1.807) is 24.3 Å². The summed E-state index contributed by atoms with van der Waals surface area (Å²) in [5.41, 5.74) is 6.40. The Morgan fingerprint density at radius 2 is 2.11 bits per heavy atom. The maximum absolute atomic E-state index is 11.9. The zero-order valence-electron chi connectivity index (χ0n) is 9.85. The molecule has 7 nitrogen and oxygen atoms in total. The summed E-state index contributed by atoms with van der Waals surface area (Å²) in [6.07, 6.45) is 1.29. The van der Waals surface area contributed by atoms with Crippen LogP contribution in [0, 0.1) is 0 Å². The molecule has 0 radical (unpaired) electrons. The first-order chi connectivity index (χ1) is 9.22. The fourth-order valence-corrected chi connectivity index (χ4v) is 1.57. The van der Waals surface area contributed by atoms with Crippen molar-refractivity contribution in [2.24, 2.45) is 10.9 Å². The SMILES string of the molecule is NC(=NO)C(NC(=O)c1ccon1)c1ccccc1. The maximum Gasteiger partial charge on any atom is 0.274 e. The summed E-state index contributed by atoms with van der Waals surface area (Å²) in [6.45, 7) is 0. The van der Waals surface area contributed by atoms with Gasteiger partial charge in [0.2, 0.25) is 0 Å². The molecule has 98 valence electrons. The predicted octanol–water partition coefficient (Wildman–Crippen LogP) is 0.892. The summed E-state index contributed by atoms with van der Waals surface area (Å²) in [5.74, 6) is -0.600. The monoisotopic (exact) mass is 260 g/mol. The van der Waals surface area contributed by atoms with Gasteiger partial charge in [0.1, 0.15) is 12.3 Å². The number of aromatic nitrogens is 1. The third kappa shape index (κ3) is 2.89. The van der Waals surface area contributed by atoms with E-state index in [0.29, 0.717) is 5.56 Å². The fourth-order valence-electron chi connectivity index (χ4n) is 1.57. The van der Waals surface area contributed by atoms with Crippen LogP contribution in [0.25, 0.3) is 0 Å². The highest BCUT2D eigenvalue weighted by Gasteiger charge is 2.21. The molecule has 1 unspecified atom stereocenters. The van der Waals surface area contributed by atoms with Crippen molar-refractivity contribution in [3.63, 3.8) is 0 Å². The molecule has 0 aliphatic heterocycles. The van der Waals surface area contributed by atoms with Gasteiger partial charge in [0.05, 0.1) is 0 Å². The average Bonchev–Trinajstić information content (AvgIpc) is 2.99. The van der Waals surface area contributed by atoms with E-state index in [1.165, 1.54) is 12.3 Å². The third-order valence-electron chi connectivity index (χ3n) is 2.49. The lowest BCUT2D eigenvalue weighted by Gasteiger charge is -2.16. The molecule has 0 spiro atoms. The minimum atomic E-state index is -0.740. The molecule has 0 saturated heterocycles. The predicted molar refractivity (Wildman–Crippen MR) is 66.6 cm³/mol. The molecule has 1 heterocycles. The maximum atomic E-state index is 11.9. The number of oxime groups is 1. The summed E-state index contributed by atoms with van der Waals surface area (Å²) in [5, 5.41) is 17.8. The normalized spacial score (nSPS) is 12.9. The van der Waals surface area contributed by atoms with Gasteiger partial charge >= 0.3 is 0 Å². The summed E-state index contributed by atoms with van der Waals surface area (Å²) in [7, 11) is 0. The largest absolute Gasteiger partial charge is 0.409 e. The van der Waals surface area contributed by atoms with E-state index in [4.69, 9.17) is 10.9 Å². The summed E-state index contributed by atoms with van der Waals surface area (Å²) < 4.78 is 4.59. The number of amidine groups is 1. The van der Waals surface area contributed by atoms with E-state index < -0.39 is 11.9 Å². The van der Waals surface area contributed by atoms with Crippen LogP contribution in [-0.2, 0) is 0 Å². The zero-order valence-corrected chi connectivity index (χ0v) is 9.85. The lowest BCUT2D eigenvalue weighted by atomic mass is 10.1. The Morgan fingerprint density at radius 3 is 2.68 bits per heavy atom. The van der Waals surface area contributed by atoms with Gasteiger partial charge in [-0.05, 0) is 5.56 Å². The average molecular weight is 260 g/mol. The van der Waals surface area contributed by atoms with Gasteiger partial charge in [0, 0.05) is 6.07 Å². The molecule has 0 saturated carbocycles. The second kappa shape index (κ2) is 5.67. The standard InChI is InChI=1S/C12H12N4O3/c13-11(15-18)10(8-4-2-1-3-5-8)14-12(17)9-6-7-19-16-9/h1-7,10,18H,(H2,13,15)(H,14,17). The van der Waals surface area contributed by atoms with Gasteiger partial charge in [0.25, 0.3) is 5.91 Å². The molecule has 1 atom stereocenters. The molecule has 4 N–H and O–H groups in total. The molecule has 0 aliphatic carbocycles. The van der Waals surface area contributed by atoms with Crippen molar-refractivity contribution in [2.45, 2.75) is 6.04 Å². The molecule has 0 bridgehead atoms. The molecular formula is C12H12N4O3. The van der Waals surface area contributed by atoms with Gasteiger partial charge < -0.3 is 20.8 Å². The van der Waals surface area contributed by atoms with E-state index in [0.717, 1.165) is 0 Å². The van der Waals surface area contributed by atoms with Gasteiger partial charge in [-0.25, -0.2) is 0 Å². The van der Waals surface area contributed by atoms with E-state index >= 15 is 0 Å². The molecule has 2 aromatic rings. The Kier molecular flexibility index (Phi) is 3.77. The van der Waals surface area contributed by atoms with Crippen LogP contribution in [0.2, 0.25) is 0 Å². The molecule has 0 aliphatic rings. The third-order valence-corrected chi connectivity index (χ3v) is 2.49. The topological polar surface area (TPSA) is 114 Å². The Hall–Kier alpha value is -2.83. The highest BCUT2D eigenvalue weighted by atomic mass is 16.5. The number of benzene rings is 1. The highest BCUT2D eigenvalue weighted by molar-refractivity contribution is 5.97. The number of nitrogens with one attached hydrogen (secondary N) is 1. The van der Waals surface area contributed by atoms with Crippen molar-refractivity contribution >= 4 is 11.7 Å². The summed E-state index contributed by atoms with van der Waals surface area (Å²) in [6, 6.07) is 9.59. The van der Waals surface area contributed by atoms with E-state index in [9.17, 15) is 4.79 Å². The minimum Gasteiger partial charge on any atom is -0.409 e. The molecule has 1 amide bonds. The van der Waals surface area contributed by atoms with Gasteiger partial charge in [0.15, 0.2) is 11.5 Å². The zero-order chi connectivity index (χ0) is 13.7. The number of nitrogens with zero attached hydrogens (tertiary/aromatic N) is 2. The van der Waals surface area contributed by atoms with Crippen LogP contribution < -0.4 is 11.1 Å². The van der Waals surface area contributed by atoms with Gasteiger partial charge in [-0.3, -0.25) is 4.79 Å². The number of carbonyl (C=O) groups is 1. The number of amides is 1. The van der Waals surface area contributed by atoms with Crippen LogP contribution in [0.1, 0.15) is 22.1 Å². The smallest absolute Gasteiger partial charge is 0.274 e. The number of rotatable bonds is 4. The first-order valence-electron chi connectivity index (χ1n) is 5.46. The lowest BCUT2D eigenvalue weighted by Crippen LogP contribution is -2.37. The summed E-state index contributed by atoms with van der Waals surface area (Å²) >= 11 is 0. The van der Waals surface area contributed by atoms with Crippen molar-refractivity contribution in [1.29, 1.82) is 0 Å². The summed E-state index contributed by atoms with van der Waals surface area (Å²) in [4.78, 5) is 11.9. The Balaban J connectivity index is 2.23. The molecule has 1 aromatic heterocycles. The van der Waals surface area contributed by atoms with Crippen LogP contribution >= 0.6 is 0 Å². The molecule has 1 aromatic carbocycles. The van der Waals surface area contributed by atoms with Crippen LogP contribution in [0.3, 0.4) is 0 Å². The first kappa shape index (κ1) is 12.6. The van der Waals surface area contributed by atoms with Crippen LogP contribution in [0.4, 0.5) is 0 Å². The number of hydrogen-bond donors (Lipinski definition) is 3. The quantitative estimate of drug-likeness (QED) is 0.327. The van der Waals surface area contributed by atoms with Crippen LogP contribution in [0.5, 0.6) is 0 Å². The van der Waals surface area contributed by atoms with Crippen molar-refractivity contribution in [3.05, 3.63) is 53.9 Å². The Labute approximate surface area is 108 Å².